The number of rotatable bonds is 0. The van der Waals surface area contributed by atoms with Crippen LogP contribution < -0.4 is 4.74 Å². The largest absolute Gasteiger partial charge is 0.492 e. The van der Waals surface area contributed by atoms with Crippen molar-refractivity contribution in [3.05, 3.63) is 27.7 Å². The first kappa shape index (κ1) is 8.11. The molecule has 0 unspecified atom stereocenters. The van der Waals surface area contributed by atoms with Gasteiger partial charge in [-0.3, -0.25) is 0 Å². The summed E-state index contributed by atoms with van der Waals surface area (Å²) in [5, 5.41) is 0. The molecule has 0 atom stereocenters. The minimum atomic E-state index is 0.856. The fraction of sp³-hybridized carbons (Fsp3) is 0.400. The highest BCUT2D eigenvalue weighted by Crippen LogP contribution is 2.35. The minimum absolute atomic E-state index is 0.856. The number of benzene rings is 1. The number of fused-ring (bicyclic) bond motifs is 1. The molecule has 1 aliphatic heterocycles. The Morgan fingerprint density at radius 3 is 3.08 bits per heavy atom. The molecule has 12 heavy (non-hydrogen) atoms. The second kappa shape index (κ2) is 3.09. The molecule has 0 saturated heterocycles. The van der Waals surface area contributed by atoms with E-state index >= 15 is 0 Å². The van der Waals surface area contributed by atoms with Crippen molar-refractivity contribution >= 4 is 15.9 Å². The molecule has 0 amide bonds. The van der Waals surface area contributed by atoms with Gasteiger partial charge >= 0.3 is 0 Å². The van der Waals surface area contributed by atoms with Gasteiger partial charge in [-0.15, -0.1) is 0 Å². The first-order chi connectivity index (χ1) is 5.79. The Labute approximate surface area is 80.9 Å². The summed E-state index contributed by atoms with van der Waals surface area (Å²) in [6.07, 6.45) is 2.29. The Morgan fingerprint density at radius 2 is 2.25 bits per heavy atom. The molecule has 0 aromatic heterocycles. The van der Waals surface area contributed by atoms with E-state index in [4.69, 9.17) is 4.74 Å². The Bertz CT molecular complexity index is 307. The zero-order chi connectivity index (χ0) is 8.55. The SMILES string of the molecule is Cc1ccc2c(c1Br)OCCC2. The van der Waals surface area contributed by atoms with Crippen LogP contribution in [0.25, 0.3) is 0 Å². The fourth-order valence-corrected chi connectivity index (χ4v) is 1.99. The Morgan fingerprint density at radius 1 is 1.42 bits per heavy atom. The summed E-state index contributed by atoms with van der Waals surface area (Å²) in [6, 6.07) is 4.30. The predicted octanol–water partition coefficient (Wildman–Crippen LogP) is 3.08. The molecule has 0 aliphatic carbocycles. The minimum Gasteiger partial charge on any atom is -0.492 e. The van der Waals surface area contributed by atoms with Gasteiger partial charge in [-0.25, -0.2) is 0 Å². The lowest BCUT2D eigenvalue weighted by atomic mass is 10.0. The summed E-state index contributed by atoms with van der Waals surface area (Å²) < 4.78 is 6.71. The Kier molecular flexibility index (Phi) is 2.09. The molecular weight excluding hydrogens is 216 g/mol. The lowest BCUT2D eigenvalue weighted by molar-refractivity contribution is 0.286. The van der Waals surface area contributed by atoms with Crippen molar-refractivity contribution in [3.63, 3.8) is 0 Å². The summed E-state index contributed by atoms with van der Waals surface area (Å²) in [7, 11) is 0. The lowest BCUT2D eigenvalue weighted by Crippen LogP contribution is -2.09. The highest BCUT2D eigenvalue weighted by Gasteiger charge is 2.14. The summed E-state index contributed by atoms with van der Waals surface area (Å²) in [6.45, 7) is 2.94. The van der Waals surface area contributed by atoms with Crippen LogP contribution in [-0.4, -0.2) is 6.61 Å². The van der Waals surface area contributed by atoms with Crippen molar-refractivity contribution in [1.29, 1.82) is 0 Å². The van der Waals surface area contributed by atoms with Crippen LogP contribution in [-0.2, 0) is 6.42 Å². The first-order valence-electron chi connectivity index (χ1n) is 4.20. The zero-order valence-corrected chi connectivity index (χ0v) is 8.65. The standard InChI is InChI=1S/C10H11BrO/c1-7-4-5-8-3-2-6-12-10(8)9(7)11/h4-5H,2-3,6H2,1H3. The van der Waals surface area contributed by atoms with Crippen molar-refractivity contribution in [2.75, 3.05) is 6.61 Å². The van der Waals surface area contributed by atoms with Crippen LogP contribution in [0.1, 0.15) is 17.5 Å². The van der Waals surface area contributed by atoms with E-state index in [1.165, 1.54) is 11.1 Å². The zero-order valence-electron chi connectivity index (χ0n) is 7.06. The molecule has 64 valence electrons. The van der Waals surface area contributed by atoms with E-state index in [0.717, 1.165) is 29.7 Å². The van der Waals surface area contributed by atoms with E-state index in [9.17, 15) is 0 Å². The molecule has 0 radical (unpaired) electrons. The molecule has 1 aromatic carbocycles. The molecular formula is C10H11BrO. The van der Waals surface area contributed by atoms with E-state index < -0.39 is 0 Å². The maximum Gasteiger partial charge on any atom is 0.136 e. The molecule has 0 fully saturated rings. The molecule has 2 rings (SSSR count). The first-order valence-corrected chi connectivity index (χ1v) is 4.99. The van der Waals surface area contributed by atoms with Crippen molar-refractivity contribution in [3.8, 4) is 5.75 Å². The van der Waals surface area contributed by atoms with Gasteiger partial charge in [0, 0.05) is 0 Å². The summed E-state index contributed by atoms with van der Waals surface area (Å²) in [5.74, 6) is 1.06. The van der Waals surface area contributed by atoms with Crippen LogP contribution in [0.4, 0.5) is 0 Å². The third kappa shape index (κ3) is 1.24. The molecule has 0 bridgehead atoms. The van der Waals surface area contributed by atoms with Gasteiger partial charge in [-0.05, 0) is 46.8 Å². The second-order valence-electron chi connectivity index (χ2n) is 3.14. The van der Waals surface area contributed by atoms with Crippen LogP contribution in [0.15, 0.2) is 16.6 Å². The highest BCUT2D eigenvalue weighted by atomic mass is 79.9. The summed E-state index contributed by atoms with van der Waals surface area (Å²) >= 11 is 3.54. The average Bonchev–Trinajstić information content (AvgIpc) is 2.12. The van der Waals surface area contributed by atoms with Crippen LogP contribution in [0, 0.1) is 6.92 Å². The molecule has 1 heterocycles. The van der Waals surface area contributed by atoms with Crippen molar-refractivity contribution in [1.82, 2.24) is 0 Å². The van der Waals surface area contributed by atoms with E-state index in [1.54, 1.807) is 0 Å². The molecule has 1 aliphatic rings. The lowest BCUT2D eigenvalue weighted by Gasteiger charge is -2.19. The van der Waals surface area contributed by atoms with E-state index in [1.807, 2.05) is 0 Å². The number of hydrogen-bond acceptors (Lipinski definition) is 1. The maximum absolute atomic E-state index is 5.59. The van der Waals surface area contributed by atoms with Gasteiger partial charge in [-0.1, -0.05) is 12.1 Å². The van der Waals surface area contributed by atoms with Crippen molar-refractivity contribution in [2.24, 2.45) is 0 Å². The van der Waals surface area contributed by atoms with Crippen molar-refractivity contribution < 1.29 is 4.74 Å². The summed E-state index contributed by atoms with van der Waals surface area (Å²) in [5.41, 5.74) is 2.58. The van der Waals surface area contributed by atoms with Gasteiger partial charge in [0.2, 0.25) is 0 Å². The molecule has 0 spiro atoms. The monoisotopic (exact) mass is 226 g/mol. The molecule has 2 heteroatoms. The van der Waals surface area contributed by atoms with E-state index in [0.29, 0.717) is 0 Å². The Balaban J connectivity index is 2.54. The van der Waals surface area contributed by atoms with Crippen LogP contribution in [0.2, 0.25) is 0 Å². The predicted molar refractivity (Wildman–Crippen MR) is 52.7 cm³/mol. The highest BCUT2D eigenvalue weighted by molar-refractivity contribution is 9.10. The quantitative estimate of drug-likeness (QED) is 0.661. The number of hydrogen-bond donors (Lipinski definition) is 0. The van der Waals surface area contributed by atoms with E-state index in [-0.39, 0.29) is 0 Å². The molecule has 0 N–H and O–H groups in total. The number of ether oxygens (including phenoxy) is 1. The van der Waals surface area contributed by atoms with Gasteiger partial charge in [0.15, 0.2) is 0 Å². The molecule has 1 aromatic rings. The number of halogens is 1. The summed E-state index contributed by atoms with van der Waals surface area (Å²) in [4.78, 5) is 0. The van der Waals surface area contributed by atoms with Gasteiger partial charge in [0.05, 0.1) is 11.1 Å². The molecule has 1 nitrogen and oxygen atoms in total. The van der Waals surface area contributed by atoms with Crippen LogP contribution >= 0.6 is 15.9 Å². The molecule has 0 saturated carbocycles. The van der Waals surface area contributed by atoms with Gasteiger partial charge in [0.1, 0.15) is 5.75 Å². The third-order valence-electron chi connectivity index (χ3n) is 2.21. The topological polar surface area (TPSA) is 9.23 Å². The third-order valence-corrected chi connectivity index (χ3v) is 3.19. The van der Waals surface area contributed by atoms with E-state index in [2.05, 4.69) is 35.0 Å². The maximum atomic E-state index is 5.59. The van der Waals surface area contributed by atoms with Crippen molar-refractivity contribution in [2.45, 2.75) is 19.8 Å². The van der Waals surface area contributed by atoms with Crippen LogP contribution in [0.5, 0.6) is 5.75 Å². The normalized spacial score (nSPS) is 15.2. The Hall–Kier alpha value is -0.500. The van der Waals surface area contributed by atoms with Gasteiger partial charge in [0.25, 0.3) is 0 Å². The second-order valence-corrected chi connectivity index (χ2v) is 3.93. The average molecular weight is 227 g/mol. The van der Waals surface area contributed by atoms with Crippen LogP contribution in [0.3, 0.4) is 0 Å². The smallest absolute Gasteiger partial charge is 0.136 e. The number of aryl methyl sites for hydroxylation is 2. The van der Waals surface area contributed by atoms with Gasteiger partial charge < -0.3 is 4.74 Å². The fourth-order valence-electron chi connectivity index (χ4n) is 1.48. The van der Waals surface area contributed by atoms with Gasteiger partial charge in [-0.2, -0.15) is 0 Å².